The lowest BCUT2D eigenvalue weighted by Gasteiger charge is -2.09. The normalized spacial score (nSPS) is 11.6. The molecule has 3 heterocycles. The van der Waals surface area contributed by atoms with Gasteiger partial charge in [0, 0.05) is 41.8 Å². The average molecular weight is 499 g/mol. The molecule has 2 aromatic carbocycles. The number of carbonyl (C=O) groups excluding carboxylic acids is 1. The summed E-state index contributed by atoms with van der Waals surface area (Å²) < 4.78 is 3.93. The Balaban J connectivity index is 1.37. The lowest BCUT2D eigenvalue weighted by molar-refractivity contribution is -0.115. The van der Waals surface area contributed by atoms with E-state index in [0.29, 0.717) is 22.3 Å². The minimum Gasteiger partial charge on any atom is -0.319 e. The van der Waals surface area contributed by atoms with Crippen LogP contribution in [0.2, 0.25) is 0 Å². The fraction of sp³-hybridized carbons (Fsp3) is 0.115. The van der Waals surface area contributed by atoms with Crippen LogP contribution in [-0.2, 0) is 11.3 Å². The highest BCUT2D eigenvalue weighted by Crippen LogP contribution is 2.27. The Morgan fingerprint density at radius 1 is 1.03 bits per heavy atom. The number of aromatic nitrogens is 5. The SMILES string of the molecule is Cc1ccc(Cn2ccsc2=NC(=O)CSc2nnc(-c3cccnc3)n2-c2ccccc2)cc1. The number of nitrogens with zero attached hydrogens (tertiary/aromatic N) is 6. The number of thioether (sulfide) groups is 1. The third kappa shape index (κ3) is 5.47. The van der Waals surface area contributed by atoms with Gasteiger partial charge in [-0.3, -0.25) is 14.3 Å². The maximum atomic E-state index is 12.8. The molecule has 3 aromatic heterocycles. The number of pyridine rings is 1. The van der Waals surface area contributed by atoms with Crippen LogP contribution < -0.4 is 4.80 Å². The molecule has 35 heavy (non-hydrogen) atoms. The molecule has 0 unspecified atom stereocenters. The zero-order valence-electron chi connectivity index (χ0n) is 19.0. The molecule has 0 aliphatic rings. The maximum Gasteiger partial charge on any atom is 0.258 e. The number of rotatable bonds is 7. The van der Waals surface area contributed by atoms with Crippen LogP contribution in [0.4, 0.5) is 0 Å². The summed E-state index contributed by atoms with van der Waals surface area (Å²) in [7, 11) is 0. The van der Waals surface area contributed by atoms with E-state index in [9.17, 15) is 4.79 Å². The van der Waals surface area contributed by atoms with Gasteiger partial charge >= 0.3 is 0 Å². The minimum absolute atomic E-state index is 0.153. The van der Waals surface area contributed by atoms with Gasteiger partial charge in [-0.1, -0.05) is 59.8 Å². The second-order valence-electron chi connectivity index (χ2n) is 7.81. The first-order valence-electron chi connectivity index (χ1n) is 11.0. The van der Waals surface area contributed by atoms with E-state index in [0.717, 1.165) is 16.8 Å². The molecule has 174 valence electrons. The molecular formula is C26H22N6OS2. The van der Waals surface area contributed by atoms with Crippen molar-refractivity contribution in [2.75, 3.05) is 5.75 Å². The number of thiazole rings is 1. The van der Waals surface area contributed by atoms with E-state index in [2.05, 4.69) is 51.4 Å². The van der Waals surface area contributed by atoms with Crippen LogP contribution in [0, 0.1) is 6.92 Å². The highest BCUT2D eigenvalue weighted by molar-refractivity contribution is 7.99. The van der Waals surface area contributed by atoms with E-state index in [1.165, 1.54) is 28.7 Å². The zero-order valence-corrected chi connectivity index (χ0v) is 20.6. The van der Waals surface area contributed by atoms with Crippen LogP contribution in [0.15, 0.2) is 101 Å². The van der Waals surface area contributed by atoms with Gasteiger partial charge in [0.15, 0.2) is 15.8 Å². The molecule has 0 atom stereocenters. The summed E-state index contributed by atoms with van der Waals surface area (Å²) in [4.78, 5) is 22.0. The average Bonchev–Trinajstić information content (AvgIpc) is 3.52. The molecule has 5 aromatic rings. The second kappa shape index (κ2) is 10.6. The van der Waals surface area contributed by atoms with Gasteiger partial charge in [-0.25, -0.2) is 0 Å². The lowest BCUT2D eigenvalue weighted by Crippen LogP contribution is -2.17. The van der Waals surface area contributed by atoms with Crippen molar-refractivity contribution in [1.29, 1.82) is 0 Å². The van der Waals surface area contributed by atoms with Crippen molar-refractivity contribution in [3.8, 4) is 17.1 Å². The molecule has 0 N–H and O–H groups in total. The fourth-order valence-corrected chi connectivity index (χ4v) is 5.00. The third-order valence-corrected chi connectivity index (χ3v) is 6.95. The summed E-state index contributed by atoms with van der Waals surface area (Å²) in [5, 5.41) is 11.3. The number of aryl methyl sites for hydroxylation is 1. The molecule has 0 radical (unpaired) electrons. The number of carbonyl (C=O) groups is 1. The van der Waals surface area contributed by atoms with E-state index in [1.807, 2.05) is 63.2 Å². The Hall–Kier alpha value is -3.82. The predicted molar refractivity (Wildman–Crippen MR) is 138 cm³/mol. The van der Waals surface area contributed by atoms with Crippen LogP contribution in [0.5, 0.6) is 0 Å². The number of amides is 1. The molecule has 9 heteroatoms. The van der Waals surface area contributed by atoms with Crippen molar-refractivity contribution in [3.63, 3.8) is 0 Å². The van der Waals surface area contributed by atoms with E-state index in [1.54, 1.807) is 12.4 Å². The van der Waals surface area contributed by atoms with Gasteiger partial charge in [0.1, 0.15) is 0 Å². The van der Waals surface area contributed by atoms with Crippen molar-refractivity contribution >= 4 is 29.0 Å². The van der Waals surface area contributed by atoms with Gasteiger partial charge in [0.25, 0.3) is 5.91 Å². The van der Waals surface area contributed by atoms with Gasteiger partial charge in [-0.15, -0.1) is 21.5 Å². The van der Waals surface area contributed by atoms with Crippen molar-refractivity contribution in [1.82, 2.24) is 24.3 Å². The van der Waals surface area contributed by atoms with Crippen molar-refractivity contribution in [3.05, 3.63) is 107 Å². The highest BCUT2D eigenvalue weighted by Gasteiger charge is 2.17. The molecule has 0 bridgehead atoms. The lowest BCUT2D eigenvalue weighted by atomic mass is 10.1. The monoisotopic (exact) mass is 498 g/mol. The quantitative estimate of drug-likeness (QED) is 0.302. The summed E-state index contributed by atoms with van der Waals surface area (Å²) in [6.45, 7) is 2.73. The molecule has 0 aliphatic carbocycles. The molecule has 5 rings (SSSR count). The van der Waals surface area contributed by atoms with Gasteiger partial charge < -0.3 is 4.57 Å². The second-order valence-corrected chi connectivity index (χ2v) is 9.63. The standard InChI is InChI=1S/C26H22N6OS2/c1-19-9-11-20(12-10-19)17-31-14-15-34-25(31)28-23(33)18-35-26-30-29-24(21-6-5-13-27-16-21)32(26)22-7-3-2-4-8-22/h2-16H,17-18H2,1H3. The highest BCUT2D eigenvalue weighted by atomic mass is 32.2. The first kappa shape index (κ1) is 22.9. The molecular weight excluding hydrogens is 476 g/mol. The van der Waals surface area contributed by atoms with Crippen LogP contribution in [0.1, 0.15) is 11.1 Å². The Bertz CT molecular complexity index is 1490. The van der Waals surface area contributed by atoms with Crippen LogP contribution >= 0.6 is 23.1 Å². The number of para-hydroxylation sites is 1. The molecule has 0 saturated heterocycles. The maximum absolute atomic E-state index is 12.8. The summed E-state index contributed by atoms with van der Waals surface area (Å²) in [5.74, 6) is 0.603. The fourth-order valence-electron chi connectivity index (χ4n) is 3.52. The summed E-state index contributed by atoms with van der Waals surface area (Å²) in [5.41, 5.74) is 4.15. The van der Waals surface area contributed by atoms with Crippen LogP contribution in [0.3, 0.4) is 0 Å². The Morgan fingerprint density at radius 3 is 2.63 bits per heavy atom. The van der Waals surface area contributed by atoms with Gasteiger partial charge in [0.05, 0.1) is 5.75 Å². The van der Waals surface area contributed by atoms with Gasteiger partial charge in [-0.2, -0.15) is 4.99 Å². The smallest absolute Gasteiger partial charge is 0.258 e. The van der Waals surface area contributed by atoms with Crippen LogP contribution in [0.25, 0.3) is 17.1 Å². The number of benzene rings is 2. The van der Waals surface area contributed by atoms with Gasteiger partial charge in [0.2, 0.25) is 0 Å². The molecule has 0 saturated carbocycles. The summed E-state index contributed by atoms with van der Waals surface area (Å²) >= 11 is 2.77. The Kier molecular flexibility index (Phi) is 6.97. The van der Waals surface area contributed by atoms with Crippen LogP contribution in [-0.4, -0.2) is 36.0 Å². The van der Waals surface area contributed by atoms with Crippen molar-refractivity contribution in [2.24, 2.45) is 4.99 Å². The topological polar surface area (TPSA) is 78.0 Å². The first-order valence-corrected chi connectivity index (χ1v) is 12.8. The third-order valence-electron chi connectivity index (χ3n) is 5.25. The summed E-state index contributed by atoms with van der Waals surface area (Å²) in [6, 6.07) is 22.0. The molecule has 0 spiro atoms. The van der Waals surface area contributed by atoms with E-state index >= 15 is 0 Å². The largest absolute Gasteiger partial charge is 0.319 e. The first-order chi connectivity index (χ1) is 17.2. The van der Waals surface area contributed by atoms with Crippen molar-refractivity contribution in [2.45, 2.75) is 18.6 Å². The summed E-state index contributed by atoms with van der Waals surface area (Å²) in [6.07, 6.45) is 5.43. The number of hydrogen-bond donors (Lipinski definition) is 0. The Labute approximate surface area is 210 Å². The molecule has 0 aliphatic heterocycles. The van der Waals surface area contributed by atoms with E-state index < -0.39 is 0 Å². The molecule has 0 fully saturated rings. The molecule has 7 nitrogen and oxygen atoms in total. The molecule has 1 amide bonds. The van der Waals surface area contributed by atoms with Crippen molar-refractivity contribution < 1.29 is 4.79 Å². The minimum atomic E-state index is -0.222. The van der Waals surface area contributed by atoms with E-state index in [4.69, 9.17) is 0 Å². The predicted octanol–water partition coefficient (Wildman–Crippen LogP) is 4.77. The Morgan fingerprint density at radius 2 is 1.86 bits per heavy atom. The van der Waals surface area contributed by atoms with Gasteiger partial charge in [-0.05, 0) is 36.8 Å². The zero-order chi connectivity index (χ0) is 24.0. The van der Waals surface area contributed by atoms with E-state index in [-0.39, 0.29) is 11.7 Å². The number of hydrogen-bond acceptors (Lipinski definition) is 6.